The van der Waals surface area contributed by atoms with E-state index in [0.717, 1.165) is 12.8 Å². The number of carbonyl (C=O) groups excluding carboxylic acids is 2. The first-order valence-electron chi connectivity index (χ1n) is 5.76. The number of carbonyl (C=O) groups is 2. The summed E-state index contributed by atoms with van der Waals surface area (Å²) in [4.78, 5) is 24.9. The fourth-order valence-electron chi connectivity index (χ4n) is 1.50. The van der Waals surface area contributed by atoms with Gasteiger partial charge in [-0.3, -0.25) is 9.59 Å². The molecule has 0 spiro atoms. The molecule has 0 aromatic rings. The van der Waals surface area contributed by atoms with E-state index in [2.05, 4.69) is 0 Å². The number of halogens is 1. The monoisotopic (exact) mass is 264 g/mol. The van der Waals surface area contributed by atoms with Crippen molar-refractivity contribution in [3.63, 3.8) is 0 Å². The van der Waals surface area contributed by atoms with Gasteiger partial charge in [-0.1, -0.05) is 6.92 Å². The Morgan fingerprint density at radius 3 is 2.47 bits per heavy atom. The molecule has 0 aromatic heterocycles. The van der Waals surface area contributed by atoms with Crippen molar-refractivity contribution in [1.29, 1.82) is 0 Å². The number of rotatable bonds is 6. The molecular weight excluding hydrogens is 244 g/mol. The highest BCUT2D eigenvalue weighted by Gasteiger charge is 2.35. The van der Waals surface area contributed by atoms with Crippen molar-refractivity contribution in [3.8, 4) is 0 Å². The van der Waals surface area contributed by atoms with E-state index < -0.39 is 0 Å². The summed E-state index contributed by atoms with van der Waals surface area (Å²) < 4.78 is 4.85. The first-order valence-corrected chi connectivity index (χ1v) is 5.76. The van der Waals surface area contributed by atoms with Crippen LogP contribution in [0.5, 0.6) is 0 Å². The van der Waals surface area contributed by atoms with Crippen LogP contribution in [-0.4, -0.2) is 42.5 Å². The molecule has 1 aliphatic carbocycles. The van der Waals surface area contributed by atoms with Crippen molar-refractivity contribution in [1.82, 2.24) is 4.90 Å². The van der Waals surface area contributed by atoms with Gasteiger partial charge in [-0.2, -0.15) is 0 Å². The molecular formula is C11H21ClN2O3. The molecule has 100 valence electrons. The van der Waals surface area contributed by atoms with Crippen molar-refractivity contribution in [3.05, 3.63) is 0 Å². The maximum atomic E-state index is 11.9. The molecule has 1 rings (SSSR count). The lowest BCUT2D eigenvalue weighted by Gasteiger charge is -2.24. The van der Waals surface area contributed by atoms with Crippen LogP contribution in [0.15, 0.2) is 0 Å². The lowest BCUT2D eigenvalue weighted by Crippen LogP contribution is -2.42. The predicted molar refractivity (Wildman–Crippen MR) is 66.8 cm³/mol. The third kappa shape index (κ3) is 4.91. The second-order valence-electron chi connectivity index (χ2n) is 4.14. The highest BCUT2D eigenvalue weighted by Crippen LogP contribution is 2.27. The molecule has 1 amide bonds. The number of ether oxygens (including phenoxy) is 1. The zero-order chi connectivity index (χ0) is 12.1. The average Bonchev–Trinajstić information content (AvgIpc) is 3.08. The van der Waals surface area contributed by atoms with E-state index in [1.54, 1.807) is 18.7 Å². The van der Waals surface area contributed by atoms with Crippen LogP contribution < -0.4 is 5.73 Å². The Morgan fingerprint density at radius 1 is 1.47 bits per heavy atom. The molecule has 1 saturated carbocycles. The first-order chi connectivity index (χ1) is 7.60. The van der Waals surface area contributed by atoms with Crippen LogP contribution in [0.3, 0.4) is 0 Å². The quantitative estimate of drug-likeness (QED) is 0.712. The van der Waals surface area contributed by atoms with Crippen molar-refractivity contribution >= 4 is 24.3 Å². The maximum absolute atomic E-state index is 11.9. The molecule has 17 heavy (non-hydrogen) atoms. The van der Waals surface area contributed by atoms with Crippen LogP contribution in [0.1, 0.15) is 26.7 Å². The molecule has 0 heterocycles. The predicted octanol–water partition coefficient (Wildman–Crippen LogP) is 0.557. The smallest absolute Gasteiger partial charge is 0.325 e. The van der Waals surface area contributed by atoms with Gasteiger partial charge in [-0.05, 0) is 19.8 Å². The third-order valence-corrected chi connectivity index (χ3v) is 2.65. The molecule has 0 aromatic carbocycles. The molecule has 6 heteroatoms. The van der Waals surface area contributed by atoms with Crippen LogP contribution in [0.4, 0.5) is 0 Å². The molecule has 1 atom stereocenters. The molecule has 1 fully saturated rings. The molecule has 2 N–H and O–H groups in total. The lowest BCUT2D eigenvalue weighted by molar-refractivity contribution is -0.150. The van der Waals surface area contributed by atoms with E-state index in [1.807, 2.05) is 0 Å². The molecule has 0 bridgehead atoms. The van der Waals surface area contributed by atoms with E-state index in [-0.39, 0.29) is 42.8 Å². The minimum atomic E-state index is -0.341. The van der Waals surface area contributed by atoms with Crippen molar-refractivity contribution < 1.29 is 14.3 Å². The molecule has 5 nitrogen and oxygen atoms in total. The summed E-state index contributed by atoms with van der Waals surface area (Å²) in [5.74, 6) is -0.611. The van der Waals surface area contributed by atoms with E-state index in [1.165, 1.54) is 0 Å². The Morgan fingerprint density at radius 2 is 2.06 bits per heavy atom. The number of hydrogen-bond donors (Lipinski definition) is 1. The number of hydrogen-bond acceptors (Lipinski definition) is 4. The Bertz CT molecular complexity index is 269. The second-order valence-corrected chi connectivity index (χ2v) is 4.14. The zero-order valence-electron chi connectivity index (χ0n) is 10.3. The lowest BCUT2D eigenvalue weighted by atomic mass is 10.1. The van der Waals surface area contributed by atoms with Crippen LogP contribution in [-0.2, 0) is 14.3 Å². The van der Waals surface area contributed by atoms with Gasteiger partial charge in [0.25, 0.3) is 0 Å². The Balaban J connectivity index is 0.00000256. The van der Waals surface area contributed by atoms with Gasteiger partial charge in [-0.15, -0.1) is 12.4 Å². The van der Waals surface area contributed by atoms with Crippen molar-refractivity contribution in [2.45, 2.75) is 32.7 Å². The fraction of sp³-hybridized carbons (Fsp3) is 0.818. The number of nitrogens with zero attached hydrogens (tertiary/aromatic N) is 1. The van der Waals surface area contributed by atoms with Gasteiger partial charge in [0.15, 0.2) is 0 Å². The SMILES string of the molecule is CCOC(=O)CN(C(=O)C(C)CN)C1CC1.Cl. The molecule has 0 saturated heterocycles. The van der Waals surface area contributed by atoms with Gasteiger partial charge in [0.2, 0.25) is 5.91 Å². The summed E-state index contributed by atoms with van der Waals surface area (Å²) in [5, 5.41) is 0. The van der Waals surface area contributed by atoms with Gasteiger partial charge in [0.1, 0.15) is 6.54 Å². The highest BCUT2D eigenvalue weighted by atomic mass is 35.5. The Labute approximate surface area is 108 Å². The zero-order valence-corrected chi connectivity index (χ0v) is 11.2. The van der Waals surface area contributed by atoms with E-state index in [4.69, 9.17) is 10.5 Å². The average molecular weight is 265 g/mol. The van der Waals surface area contributed by atoms with Gasteiger partial charge in [-0.25, -0.2) is 0 Å². The van der Waals surface area contributed by atoms with Gasteiger partial charge >= 0.3 is 5.97 Å². The highest BCUT2D eigenvalue weighted by molar-refractivity contribution is 5.85. The molecule has 1 aliphatic rings. The van der Waals surface area contributed by atoms with Crippen LogP contribution in [0.2, 0.25) is 0 Å². The summed E-state index contributed by atoms with van der Waals surface area (Å²) in [6, 6.07) is 0.214. The minimum Gasteiger partial charge on any atom is -0.465 e. The van der Waals surface area contributed by atoms with E-state index in [0.29, 0.717) is 13.2 Å². The maximum Gasteiger partial charge on any atom is 0.325 e. The van der Waals surface area contributed by atoms with Gasteiger partial charge in [0, 0.05) is 18.5 Å². The number of amides is 1. The van der Waals surface area contributed by atoms with Crippen LogP contribution in [0, 0.1) is 5.92 Å². The fourth-order valence-corrected chi connectivity index (χ4v) is 1.50. The topological polar surface area (TPSA) is 72.6 Å². The standard InChI is InChI=1S/C11H20N2O3.ClH/c1-3-16-10(14)7-13(9-4-5-9)11(15)8(2)6-12;/h8-9H,3-7,12H2,1-2H3;1H. The summed E-state index contributed by atoms with van der Waals surface area (Å²) in [7, 11) is 0. The van der Waals surface area contributed by atoms with E-state index in [9.17, 15) is 9.59 Å². The van der Waals surface area contributed by atoms with Crippen LogP contribution in [0.25, 0.3) is 0 Å². The van der Waals surface area contributed by atoms with Gasteiger partial charge in [0.05, 0.1) is 6.61 Å². The Hall–Kier alpha value is -0.810. The van der Waals surface area contributed by atoms with Gasteiger partial charge < -0.3 is 15.4 Å². The summed E-state index contributed by atoms with van der Waals surface area (Å²) in [6.07, 6.45) is 1.95. The molecule has 1 unspecified atom stereocenters. The minimum absolute atomic E-state index is 0. The summed E-state index contributed by atoms with van der Waals surface area (Å²) in [6.45, 7) is 4.25. The number of esters is 1. The second kappa shape index (κ2) is 7.50. The summed E-state index contributed by atoms with van der Waals surface area (Å²) >= 11 is 0. The molecule has 0 aliphatic heterocycles. The van der Waals surface area contributed by atoms with Crippen LogP contribution >= 0.6 is 12.4 Å². The Kier molecular flexibility index (Phi) is 7.15. The first kappa shape index (κ1) is 16.2. The largest absolute Gasteiger partial charge is 0.465 e. The molecule has 0 radical (unpaired) electrons. The van der Waals surface area contributed by atoms with E-state index >= 15 is 0 Å². The number of nitrogens with two attached hydrogens (primary N) is 1. The normalized spacial score (nSPS) is 15.7. The third-order valence-electron chi connectivity index (χ3n) is 2.65. The van der Waals surface area contributed by atoms with Crippen molar-refractivity contribution in [2.24, 2.45) is 11.7 Å². The van der Waals surface area contributed by atoms with Crippen molar-refractivity contribution in [2.75, 3.05) is 19.7 Å². The summed E-state index contributed by atoms with van der Waals surface area (Å²) in [5.41, 5.74) is 5.46.